The third-order valence-corrected chi connectivity index (χ3v) is 1.18. The van der Waals surface area contributed by atoms with Crippen LogP contribution < -0.4 is 4.89 Å². The van der Waals surface area contributed by atoms with E-state index in [1.165, 1.54) is 6.07 Å². The van der Waals surface area contributed by atoms with Crippen LogP contribution >= 0.6 is 11.9 Å². The van der Waals surface area contributed by atoms with E-state index in [9.17, 15) is 4.79 Å². The van der Waals surface area contributed by atoms with Crippen LogP contribution in [0.4, 0.5) is 0 Å². The van der Waals surface area contributed by atoms with E-state index in [1.54, 1.807) is 18.2 Å². The molecule has 0 atom stereocenters. The molecule has 0 fully saturated rings. The Bertz CT molecular complexity index is 249. The molecule has 0 radical (unpaired) electrons. The molecule has 0 amide bonds. The summed E-state index contributed by atoms with van der Waals surface area (Å²) < 4.78 is 3.88. The van der Waals surface area contributed by atoms with Crippen molar-refractivity contribution in [3.8, 4) is 5.75 Å². The smallest absolute Gasteiger partial charge is 0.168 e. The molecule has 0 aliphatic heterocycles. The van der Waals surface area contributed by atoms with E-state index in [1.807, 2.05) is 0 Å². The quantitative estimate of drug-likeness (QED) is 0.397. The van der Waals surface area contributed by atoms with Gasteiger partial charge in [0.2, 0.25) is 0 Å². The largest absolute Gasteiger partial charge is 0.320 e. The van der Waals surface area contributed by atoms with E-state index in [0.29, 0.717) is 17.6 Å². The van der Waals surface area contributed by atoms with E-state index in [4.69, 9.17) is 11.9 Å². The number of halogens is 1. The molecule has 1 rings (SSSR count). The Kier molecular flexibility index (Phi) is 2.89. The molecule has 0 saturated heterocycles. The zero-order valence-electron chi connectivity index (χ0n) is 5.49. The molecule has 3 nitrogen and oxygen atoms in total. The maximum Gasteiger partial charge on any atom is 0.168 e. The molecule has 0 aromatic heterocycles. The van der Waals surface area contributed by atoms with Crippen LogP contribution in [0.15, 0.2) is 24.3 Å². The van der Waals surface area contributed by atoms with E-state index in [2.05, 4.69) is 9.33 Å². The van der Waals surface area contributed by atoms with Crippen LogP contribution in [-0.4, -0.2) is 6.29 Å². The van der Waals surface area contributed by atoms with Gasteiger partial charge in [0.25, 0.3) is 0 Å². The van der Waals surface area contributed by atoms with E-state index >= 15 is 0 Å². The van der Waals surface area contributed by atoms with Gasteiger partial charge < -0.3 is 4.89 Å². The molecule has 0 N–H and O–H groups in total. The summed E-state index contributed by atoms with van der Waals surface area (Å²) in [6.45, 7) is 0. The molecule has 0 heterocycles. The van der Waals surface area contributed by atoms with Gasteiger partial charge in [-0.1, -0.05) is 16.6 Å². The van der Waals surface area contributed by atoms with Crippen LogP contribution in [0.3, 0.4) is 0 Å². The van der Waals surface area contributed by atoms with Gasteiger partial charge in [0.1, 0.15) is 18.2 Å². The highest BCUT2D eigenvalue weighted by atomic mass is 35.5. The highest BCUT2D eigenvalue weighted by Gasteiger charge is 1.94. The van der Waals surface area contributed by atoms with E-state index in [0.717, 1.165) is 0 Å². The number of aldehydes is 1. The highest BCUT2D eigenvalue weighted by Crippen LogP contribution is 2.12. The lowest BCUT2D eigenvalue weighted by Crippen LogP contribution is -1.87. The zero-order chi connectivity index (χ0) is 8.10. The van der Waals surface area contributed by atoms with Gasteiger partial charge in [-0.05, 0) is 12.1 Å². The van der Waals surface area contributed by atoms with Crippen LogP contribution in [0, 0.1) is 0 Å². The molecule has 0 saturated carbocycles. The van der Waals surface area contributed by atoms with Crippen molar-refractivity contribution >= 4 is 18.2 Å². The van der Waals surface area contributed by atoms with Crippen molar-refractivity contribution in [2.45, 2.75) is 0 Å². The van der Waals surface area contributed by atoms with Crippen molar-refractivity contribution in [1.82, 2.24) is 0 Å². The summed E-state index contributed by atoms with van der Waals surface area (Å²) >= 11 is 4.82. The highest BCUT2D eigenvalue weighted by molar-refractivity contribution is 6.06. The lowest BCUT2D eigenvalue weighted by Gasteiger charge is -1.97. The molecule has 0 aliphatic rings. The van der Waals surface area contributed by atoms with Crippen molar-refractivity contribution in [3.05, 3.63) is 29.8 Å². The van der Waals surface area contributed by atoms with Crippen LogP contribution in [0.1, 0.15) is 10.4 Å². The molecular formula is C7H5ClO3. The number of carbonyl (C=O) groups excluding carboxylic acids is 1. The Balaban J connectivity index is 2.82. The van der Waals surface area contributed by atoms with Crippen molar-refractivity contribution < 1.29 is 14.1 Å². The number of benzene rings is 1. The lowest BCUT2D eigenvalue weighted by molar-refractivity contribution is -0.0918. The summed E-state index contributed by atoms with van der Waals surface area (Å²) in [5, 5.41) is 0. The molecule has 11 heavy (non-hydrogen) atoms. The molecule has 0 aliphatic carbocycles. The second-order valence-corrected chi connectivity index (χ2v) is 1.96. The predicted molar refractivity (Wildman–Crippen MR) is 39.4 cm³/mol. The van der Waals surface area contributed by atoms with Gasteiger partial charge in [0.15, 0.2) is 5.75 Å². The first-order valence-electron chi connectivity index (χ1n) is 2.87. The molecular weight excluding hydrogens is 168 g/mol. The summed E-state index contributed by atoms with van der Waals surface area (Å²) in [4.78, 5) is 14.7. The molecule has 58 valence electrons. The number of hydrogen-bond donors (Lipinski definition) is 0. The van der Waals surface area contributed by atoms with Crippen LogP contribution in [-0.2, 0) is 4.44 Å². The molecule has 0 unspecified atom stereocenters. The van der Waals surface area contributed by atoms with Crippen LogP contribution in [0.2, 0.25) is 0 Å². The van der Waals surface area contributed by atoms with Crippen LogP contribution in [0.5, 0.6) is 5.75 Å². The van der Waals surface area contributed by atoms with Gasteiger partial charge in [-0.2, -0.15) is 0 Å². The fourth-order valence-corrected chi connectivity index (χ4v) is 0.749. The second kappa shape index (κ2) is 3.95. The van der Waals surface area contributed by atoms with Gasteiger partial charge in [-0.15, -0.1) is 0 Å². The minimum atomic E-state index is 0.393. The number of carbonyl (C=O) groups is 1. The minimum absolute atomic E-state index is 0.393. The number of hydrogen-bond acceptors (Lipinski definition) is 3. The molecule has 0 spiro atoms. The van der Waals surface area contributed by atoms with Crippen molar-refractivity contribution in [3.63, 3.8) is 0 Å². The Morgan fingerprint density at radius 1 is 1.45 bits per heavy atom. The average Bonchev–Trinajstić information content (AvgIpc) is 2.06. The van der Waals surface area contributed by atoms with Gasteiger partial charge in [0, 0.05) is 5.56 Å². The lowest BCUT2D eigenvalue weighted by atomic mass is 10.2. The third-order valence-electron chi connectivity index (χ3n) is 1.12. The standard InChI is InChI=1S/C7H5ClO3/c8-11-10-7-3-1-2-6(4-7)5-9/h1-5H. The van der Waals surface area contributed by atoms with Crippen molar-refractivity contribution in [1.29, 1.82) is 0 Å². The maximum atomic E-state index is 10.2. The summed E-state index contributed by atoms with van der Waals surface area (Å²) in [7, 11) is 0. The Labute approximate surface area is 68.6 Å². The summed E-state index contributed by atoms with van der Waals surface area (Å²) in [5.41, 5.74) is 0.510. The van der Waals surface area contributed by atoms with Gasteiger partial charge >= 0.3 is 0 Å². The Hall–Kier alpha value is -1.06. The number of rotatable bonds is 3. The first-order valence-corrected chi connectivity index (χ1v) is 3.18. The molecule has 1 aromatic rings. The SMILES string of the molecule is O=Cc1cccc(OOCl)c1. The predicted octanol–water partition coefficient (Wildman–Crippen LogP) is 1.96. The van der Waals surface area contributed by atoms with Crippen molar-refractivity contribution in [2.75, 3.05) is 0 Å². The van der Waals surface area contributed by atoms with E-state index < -0.39 is 0 Å². The third kappa shape index (κ3) is 2.22. The Morgan fingerprint density at radius 2 is 2.27 bits per heavy atom. The monoisotopic (exact) mass is 172 g/mol. The van der Waals surface area contributed by atoms with Gasteiger partial charge in [0.05, 0.1) is 0 Å². The summed E-state index contributed by atoms with van der Waals surface area (Å²) in [6, 6.07) is 6.44. The van der Waals surface area contributed by atoms with Crippen molar-refractivity contribution in [2.24, 2.45) is 0 Å². The first-order chi connectivity index (χ1) is 5.36. The Morgan fingerprint density at radius 3 is 2.91 bits per heavy atom. The molecule has 1 aromatic carbocycles. The van der Waals surface area contributed by atoms with Crippen LogP contribution in [0.25, 0.3) is 0 Å². The summed E-state index contributed by atoms with van der Waals surface area (Å²) in [6.07, 6.45) is 0.709. The maximum absolute atomic E-state index is 10.2. The molecule has 4 heteroatoms. The van der Waals surface area contributed by atoms with E-state index in [-0.39, 0.29) is 0 Å². The fraction of sp³-hybridized carbons (Fsp3) is 0. The minimum Gasteiger partial charge on any atom is -0.320 e. The first kappa shape index (κ1) is 8.04. The van der Waals surface area contributed by atoms with Gasteiger partial charge in [-0.3, -0.25) is 4.79 Å². The average molecular weight is 173 g/mol. The zero-order valence-corrected chi connectivity index (χ0v) is 6.25. The fourth-order valence-electron chi connectivity index (χ4n) is 0.676. The van der Waals surface area contributed by atoms with Gasteiger partial charge in [-0.25, -0.2) is 0 Å². The topological polar surface area (TPSA) is 35.5 Å². The molecule has 0 bridgehead atoms. The summed E-state index contributed by atoms with van der Waals surface area (Å²) in [5.74, 6) is 0.393. The second-order valence-electron chi connectivity index (χ2n) is 1.84. The normalized spacial score (nSPS) is 9.18.